The third kappa shape index (κ3) is 2.85. The molecule has 0 radical (unpaired) electrons. The lowest BCUT2D eigenvalue weighted by Gasteiger charge is -2.29. The summed E-state index contributed by atoms with van der Waals surface area (Å²) in [5.74, 6) is 0.919. The quantitative estimate of drug-likeness (QED) is 0.843. The summed E-state index contributed by atoms with van der Waals surface area (Å²) in [5.41, 5.74) is 0.950. The summed E-state index contributed by atoms with van der Waals surface area (Å²) >= 11 is 6.05. The van der Waals surface area contributed by atoms with Gasteiger partial charge in [0.05, 0.1) is 16.9 Å². The molecule has 0 amide bonds. The highest BCUT2D eigenvalue weighted by atomic mass is 35.5. The van der Waals surface area contributed by atoms with E-state index in [2.05, 4.69) is 17.2 Å². The molecule has 1 aliphatic rings. The molecule has 0 bridgehead atoms. The average Bonchev–Trinajstić information content (AvgIpc) is 2.16. The number of pyridine rings is 1. The third-order valence-electron chi connectivity index (χ3n) is 3.08. The van der Waals surface area contributed by atoms with Crippen LogP contribution in [0.2, 0.25) is 5.02 Å². The molecule has 1 aromatic rings. The van der Waals surface area contributed by atoms with Gasteiger partial charge in [0, 0.05) is 12.2 Å². The van der Waals surface area contributed by atoms with Gasteiger partial charge >= 0.3 is 0 Å². The molecule has 1 aromatic heterocycles. The van der Waals surface area contributed by atoms with E-state index in [0.717, 1.165) is 16.6 Å². The van der Waals surface area contributed by atoms with Crippen molar-refractivity contribution in [2.45, 2.75) is 38.6 Å². The lowest BCUT2D eigenvalue weighted by molar-refractivity contribution is 0.286. The normalized spacial score (nSPS) is 18.3. The van der Waals surface area contributed by atoms with E-state index in [0.29, 0.717) is 6.04 Å². The fraction of sp³-hybridized carbons (Fsp3) is 0.583. The van der Waals surface area contributed by atoms with Crippen molar-refractivity contribution in [1.82, 2.24) is 4.98 Å². The molecule has 1 fully saturated rings. The van der Waals surface area contributed by atoms with Crippen molar-refractivity contribution < 1.29 is 0 Å². The Morgan fingerprint density at radius 3 is 3.00 bits per heavy atom. The number of hydrogen-bond donors (Lipinski definition) is 1. The average molecular weight is 225 g/mol. The number of halogens is 1. The van der Waals surface area contributed by atoms with Crippen LogP contribution in [0.15, 0.2) is 18.5 Å². The number of anilines is 1. The van der Waals surface area contributed by atoms with E-state index in [1.165, 1.54) is 25.7 Å². The first kappa shape index (κ1) is 10.7. The van der Waals surface area contributed by atoms with E-state index in [1.807, 2.05) is 6.07 Å². The van der Waals surface area contributed by atoms with Gasteiger partial charge in [-0.2, -0.15) is 0 Å². The lowest BCUT2D eigenvalue weighted by atomic mass is 9.81. The van der Waals surface area contributed by atoms with Gasteiger partial charge in [0.1, 0.15) is 0 Å². The predicted octanol–water partition coefficient (Wildman–Crippen LogP) is 3.73. The molecular weight excluding hydrogens is 208 g/mol. The standard InChI is InChI=1S/C12H17ClN2/c1-9(7-10-3-2-4-10)15-12-8-14-6-5-11(12)13/h5-6,8-10,15H,2-4,7H2,1H3. The van der Waals surface area contributed by atoms with Gasteiger partial charge in [-0.1, -0.05) is 30.9 Å². The van der Waals surface area contributed by atoms with Crippen LogP contribution in [0, 0.1) is 5.92 Å². The molecule has 1 N–H and O–H groups in total. The van der Waals surface area contributed by atoms with Crippen molar-refractivity contribution in [2.24, 2.45) is 5.92 Å². The maximum atomic E-state index is 6.05. The predicted molar refractivity (Wildman–Crippen MR) is 64.3 cm³/mol. The van der Waals surface area contributed by atoms with Gasteiger partial charge in [0.15, 0.2) is 0 Å². The minimum atomic E-state index is 0.483. The molecule has 1 heterocycles. The van der Waals surface area contributed by atoms with Gasteiger partial charge in [-0.3, -0.25) is 4.98 Å². The molecule has 82 valence electrons. The zero-order chi connectivity index (χ0) is 10.7. The molecule has 1 saturated carbocycles. The van der Waals surface area contributed by atoms with E-state index in [9.17, 15) is 0 Å². The number of hydrogen-bond acceptors (Lipinski definition) is 2. The Morgan fingerprint density at radius 1 is 1.60 bits per heavy atom. The number of rotatable bonds is 4. The summed E-state index contributed by atoms with van der Waals surface area (Å²) in [7, 11) is 0. The summed E-state index contributed by atoms with van der Waals surface area (Å²) in [5, 5.41) is 4.17. The second kappa shape index (κ2) is 4.84. The smallest absolute Gasteiger partial charge is 0.0718 e. The summed E-state index contributed by atoms with van der Waals surface area (Å²) in [6, 6.07) is 2.30. The number of aromatic nitrogens is 1. The molecule has 15 heavy (non-hydrogen) atoms. The number of nitrogens with zero attached hydrogens (tertiary/aromatic N) is 1. The summed E-state index contributed by atoms with van der Waals surface area (Å²) in [4.78, 5) is 4.06. The monoisotopic (exact) mass is 224 g/mol. The topological polar surface area (TPSA) is 24.9 Å². The van der Waals surface area contributed by atoms with Crippen LogP contribution in [0.1, 0.15) is 32.6 Å². The van der Waals surface area contributed by atoms with Gasteiger partial charge in [0.2, 0.25) is 0 Å². The van der Waals surface area contributed by atoms with Crippen LogP contribution in [0.4, 0.5) is 5.69 Å². The zero-order valence-electron chi connectivity index (χ0n) is 9.04. The van der Waals surface area contributed by atoms with E-state index in [-0.39, 0.29) is 0 Å². The zero-order valence-corrected chi connectivity index (χ0v) is 9.80. The second-order valence-corrected chi connectivity index (χ2v) is 4.84. The van der Waals surface area contributed by atoms with Gasteiger partial charge < -0.3 is 5.32 Å². The Hall–Kier alpha value is -0.760. The molecular formula is C12H17ClN2. The molecule has 0 aromatic carbocycles. The van der Waals surface area contributed by atoms with Crippen LogP contribution in [-0.4, -0.2) is 11.0 Å². The van der Waals surface area contributed by atoms with Crippen molar-refractivity contribution in [3.8, 4) is 0 Å². The second-order valence-electron chi connectivity index (χ2n) is 4.43. The SMILES string of the molecule is CC(CC1CCC1)Nc1cnccc1Cl. The summed E-state index contributed by atoms with van der Waals surface area (Å²) in [6.45, 7) is 2.21. The van der Waals surface area contributed by atoms with Crippen molar-refractivity contribution in [2.75, 3.05) is 5.32 Å². The van der Waals surface area contributed by atoms with Crippen LogP contribution in [0.5, 0.6) is 0 Å². The largest absolute Gasteiger partial charge is 0.380 e. The van der Waals surface area contributed by atoms with Crippen LogP contribution in [0.3, 0.4) is 0 Å². The highest BCUT2D eigenvalue weighted by Crippen LogP contribution is 2.31. The van der Waals surface area contributed by atoms with Crippen LogP contribution >= 0.6 is 11.6 Å². The molecule has 2 rings (SSSR count). The Bertz CT molecular complexity index is 323. The van der Waals surface area contributed by atoms with Crippen molar-refractivity contribution in [3.63, 3.8) is 0 Å². The van der Waals surface area contributed by atoms with Gasteiger partial charge in [0.25, 0.3) is 0 Å². The molecule has 1 atom stereocenters. The van der Waals surface area contributed by atoms with Crippen molar-refractivity contribution in [1.29, 1.82) is 0 Å². The molecule has 0 aliphatic heterocycles. The molecule has 0 saturated heterocycles. The fourth-order valence-electron chi connectivity index (χ4n) is 2.04. The van der Waals surface area contributed by atoms with Gasteiger partial charge in [-0.15, -0.1) is 0 Å². The van der Waals surface area contributed by atoms with E-state index >= 15 is 0 Å². The number of nitrogens with one attached hydrogen (secondary N) is 1. The Kier molecular flexibility index (Phi) is 3.47. The Morgan fingerprint density at radius 2 is 2.40 bits per heavy atom. The molecule has 0 spiro atoms. The van der Waals surface area contributed by atoms with Crippen molar-refractivity contribution in [3.05, 3.63) is 23.5 Å². The highest BCUT2D eigenvalue weighted by molar-refractivity contribution is 6.33. The van der Waals surface area contributed by atoms with E-state index in [4.69, 9.17) is 11.6 Å². The molecule has 1 unspecified atom stereocenters. The minimum absolute atomic E-state index is 0.483. The van der Waals surface area contributed by atoms with Gasteiger partial charge in [-0.05, 0) is 25.3 Å². The first-order valence-electron chi connectivity index (χ1n) is 5.62. The first-order chi connectivity index (χ1) is 7.25. The Labute approximate surface area is 96.1 Å². The van der Waals surface area contributed by atoms with Gasteiger partial charge in [-0.25, -0.2) is 0 Å². The minimum Gasteiger partial charge on any atom is -0.380 e. The van der Waals surface area contributed by atoms with Crippen LogP contribution in [0.25, 0.3) is 0 Å². The Balaban J connectivity index is 1.87. The van der Waals surface area contributed by atoms with Crippen LogP contribution in [-0.2, 0) is 0 Å². The molecule has 1 aliphatic carbocycles. The fourth-order valence-corrected chi connectivity index (χ4v) is 2.20. The van der Waals surface area contributed by atoms with Crippen LogP contribution < -0.4 is 5.32 Å². The lowest BCUT2D eigenvalue weighted by Crippen LogP contribution is -2.23. The van der Waals surface area contributed by atoms with Crippen molar-refractivity contribution >= 4 is 17.3 Å². The maximum absolute atomic E-state index is 6.05. The first-order valence-corrected chi connectivity index (χ1v) is 5.99. The summed E-state index contributed by atoms with van der Waals surface area (Å²) in [6.07, 6.45) is 8.94. The molecule has 3 heteroatoms. The highest BCUT2D eigenvalue weighted by Gasteiger charge is 2.20. The van der Waals surface area contributed by atoms with E-state index < -0.39 is 0 Å². The maximum Gasteiger partial charge on any atom is 0.0718 e. The van der Waals surface area contributed by atoms with E-state index in [1.54, 1.807) is 12.4 Å². The summed E-state index contributed by atoms with van der Waals surface area (Å²) < 4.78 is 0. The molecule has 2 nitrogen and oxygen atoms in total. The third-order valence-corrected chi connectivity index (χ3v) is 3.41.